The van der Waals surface area contributed by atoms with Crippen molar-refractivity contribution < 1.29 is 17.6 Å². The lowest BCUT2D eigenvalue weighted by molar-refractivity contribution is -0.115. The Morgan fingerprint density at radius 2 is 2.00 bits per heavy atom. The van der Waals surface area contributed by atoms with E-state index in [0.717, 1.165) is 0 Å². The minimum atomic E-state index is -4.08. The van der Waals surface area contributed by atoms with Gasteiger partial charge in [-0.1, -0.05) is 17.7 Å². The van der Waals surface area contributed by atoms with E-state index in [1.807, 2.05) is 0 Å². The van der Waals surface area contributed by atoms with Gasteiger partial charge in [-0.05, 0) is 42.3 Å². The molecule has 0 radical (unpaired) electrons. The smallest absolute Gasteiger partial charge is 0.263 e. The quantitative estimate of drug-likeness (QED) is 0.889. The molecular formula is C15H12ClFN2O3S. The lowest BCUT2D eigenvalue weighted by atomic mass is 10.2. The predicted octanol–water partition coefficient (Wildman–Crippen LogP) is 3.08. The van der Waals surface area contributed by atoms with E-state index >= 15 is 0 Å². The molecule has 1 heterocycles. The van der Waals surface area contributed by atoms with Crippen molar-refractivity contribution in [1.29, 1.82) is 0 Å². The third-order valence-electron chi connectivity index (χ3n) is 3.44. The van der Waals surface area contributed by atoms with Crippen molar-refractivity contribution in [2.24, 2.45) is 0 Å². The molecule has 0 spiro atoms. The molecular weight excluding hydrogens is 343 g/mol. The van der Waals surface area contributed by atoms with Crippen molar-refractivity contribution in [1.82, 2.24) is 0 Å². The summed E-state index contributed by atoms with van der Waals surface area (Å²) in [4.78, 5) is 11.2. The van der Waals surface area contributed by atoms with E-state index in [1.165, 1.54) is 30.3 Å². The molecule has 0 unspecified atom stereocenters. The first kappa shape index (κ1) is 15.8. The number of benzene rings is 2. The van der Waals surface area contributed by atoms with Gasteiger partial charge < -0.3 is 5.32 Å². The summed E-state index contributed by atoms with van der Waals surface area (Å²) in [7, 11) is -4.08. The molecule has 1 amide bonds. The van der Waals surface area contributed by atoms with Gasteiger partial charge in [0, 0.05) is 5.69 Å². The number of amides is 1. The second-order valence-corrected chi connectivity index (χ2v) is 7.31. The molecule has 5 nitrogen and oxygen atoms in total. The van der Waals surface area contributed by atoms with Gasteiger partial charge >= 0.3 is 0 Å². The summed E-state index contributed by atoms with van der Waals surface area (Å²) in [5.74, 6) is -0.920. The highest BCUT2D eigenvalue weighted by molar-refractivity contribution is 7.92. The standard InChI is InChI=1S/C15H12ClFN2O3S/c1-8-2-3-11(17)13(4-8)19-23(21,22)14-5-9-6-15(20)18-12(9)7-10(14)16/h2-5,7,19H,6H2,1H3,(H,18,20). The summed E-state index contributed by atoms with van der Waals surface area (Å²) in [6, 6.07) is 6.81. The number of fused-ring (bicyclic) bond motifs is 1. The van der Waals surface area contributed by atoms with Crippen LogP contribution >= 0.6 is 11.6 Å². The summed E-state index contributed by atoms with van der Waals surface area (Å²) in [6.45, 7) is 1.72. The van der Waals surface area contributed by atoms with Gasteiger partial charge in [-0.3, -0.25) is 9.52 Å². The zero-order valence-corrected chi connectivity index (χ0v) is 13.6. The topological polar surface area (TPSA) is 75.3 Å². The SMILES string of the molecule is Cc1ccc(F)c(NS(=O)(=O)c2cc3c(cc2Cl)NC(=O)C3)c1. The van der Waals surface area contributed by atoms with Crippen LogP contribution in [0.5, 0.6) is 0 Å². The zero-order chi connectivity index (χ0) is 16.8. The van der Waals surface area contributed by atoms with E-state index in [4.69, 9.17) is 11.6 Å². The van der Waals surface area contributed by atoms with Crippen LogP contribution in [0.15, 0.2) is 35.2 Å². The minimum absolute atomic E-state index is 0.0495. The second-order valence-electron chi connectivity index (χ2n) is 5.25. The molecule has 0 saturated carbocycles. The van der Waals surface area contributed by atoms with E-state index in [9.17, 15) is 17.6 Å². The molecule has 8 heteroatoms. The Kier molecular flexibility index (Phi) is 3.77. The molecule has 0 aromatic heterocycles. The zero-order valence-electron chi connectivity index (χ0n) is 12.0. The van der Waals surface area contributed by atoms with Gasteiger partial charge in [0.1, 0.15) is 10.7 Å². The molecule has 120 valence electrons. The minimum Gasteiger partial charge on any atom is -0.325 e. The fraction of sp³-hybridized carbons (Fsp3) is 0.133. The normalized spacial score (nSPS) is 13.6. The molecule has 2 aromatic carbocycles. The second kappa shape index (κ2) is 5.50. The van der Waals surface area contributed by atoms with Crippen LogP contribution in [0.2, 0.25) is 5.02 Å². The predicted molar refractivity (Wildman–Crippen MR) is 85.7 cm³/mol. The molecule has 1 aliphatic heterocycles. The van der Waals surface area contributed by atoms with Crippen molar-refractivity contribution in [2.75, 3.05) is 10.0 Å². The summed E-state index contributed by atoms with van der Waals surface area (Å²) in [6.07, 6.45) is 0.0772. The van der Waals surface area contributed by atoms with Gasteiger partial charge in [-0.15, -0.1) is 0 Å². The first-order chi connectivity index (χ1) is 10.8. The number of nitrogens with one attached hydrogen (secondary N) is 2. The molecule has 2 N–H and O–H groups in total. The Balaban J connectivity index is 2.02. The van der Waals surface area contributed by atoms with E-state index < -0.39 is 15.8 Å². The fourth-order valence-electron chi connectivity index (χ4n) is 2.35. The molecule has 1 aliphatic rings. The van der Waals surface area contributed by atoms with E-state index in [1.54, 1.807) is 6.92 Å². The molecule has 0 saturated heterocycles. The Labute approximate surface area is 137 Å². The van der Waals surface area contributed by atoms with Gasteiger partial charge in [-0.2, -0.15) is 0 Å². The summed E-state index contributed by atoms with van der Waals surface area (Å²) in [5, 5.41) is 2.54. The maximum atomic E-state index is 13.8. The molecule has 0 fully saturated rings. The van der Waals surface area contributed by atoms with Crippen LogP contribution in [0.4, 0.5) is 15.8 Å². The van der Waals surface area contributed by atoms with Crippen LogP contribution < -0.4 is 10.0 Å². The number of hydrogen-bond donors (Lipinski definition) is 2. The molecule has 23 heavy (non-hydrogen) atoms. The maximum absolute atomic E-state index is 13.8. The van der Waals surface area contributed by atoms with Gasteiger partial charge in [-0.25, -0.2) is 12.8 Å². The van der Waals surface area contributed by atoms with Crippen LogP contribution in [-0.2, 0) is 21.2 Å². The van der Waals surface area contributed by atoms with E-state index in [0.29, 0.717) is 16.8 Å². The van der Waals surface area contributed by atoms with Crippen LogP contribution in [0, 0.1) is 12.7 Å². The Morgan fingerprint density at radius 1 is 1.26 bits per heavy atom. The van der Waals surface area contributed by atoms with Crippen molar-refractivity contribution in [3.05, 3.63) is 52.3 Å². The number of sulfonamides is 1. The summed E-state index contributed by atoms with van der Waals surface area (Å²) >= 11 is 6.01. The van der Waals surface area contributed by atoms with Gasteiger partial charge in [0.2, 0.25) is 5.91 Å². The number of hydrogen-bond acceptors (Lipinski definition) is 3. The monoisotopic (exact) mass is 354 g/mol. The third-order valence-corrected chi connectivity index (χ3v) is 5.27. The first-order valence-electron chi connectivity index (χ1n) is 6.67. The molecule has 3 rings (SSSR count). The van der Waals surface area contributed by atoms with Crippen molar-refractivity contribution >= 4 is 38.9 Å². The number of anilines is 2. The van der Waals surface area contributed by atoms with Gasteiger partial charge in [0.05, 0.1) is 17.1 Å². The molecule has 0 atom stereocenters. The van der Waals surface area contributed by atoms with Crippen molar-refractivity contribution in [3.63, 3.8) is 0 Å². The van der Waals surface area contributed by atoms with Crippen molar-refractivity contribution in [2.45, 2.75) is 18.2 Å². The maximum Gasteiger partial charge on any atom is 0.263 e. The first-order valence-corrected chi connectivity index (χ1v) is 8.53. The highest BCUT2D eigenvalue weighted by atomic mass is 35.5. The molecule has 0 aliphatic carbocycles. The van der Waals surface area contributed by atoms with Gasteiger partial charge in [0.25, 0.3) is 10.0 Å². The lowest BCUT2D eigenvalue weighted by Crippen LogP contribution is -2.15. The molecule has 0 bridgehead atoms. The summed E-state index contributed by atoms with van der Waals surface area (Å²) < 4.78 is 41.0. The number of carbonyl (C=O) groups is 1. The number of aryl methyl sites for hydroxylation is 1. The highest BCUT2D eigenvalue weighted by Gasteiger charge is 2.25. The average Bonchev–Trinajstić information content (AvgIpc) is 2.80. The van der Waals surface area contributed by atoms with Crippen LogP contribution in [-0.4, -0.2) is 14.3 Å². The summed E-state index contributed by atoms with van der Waals surface area (Å²) in [5.41, 5.74) is 1.57. The Hall–Kier alpha value is -2.12. The Bertz CT molecular complexity index is 929. The molecule has 2 aromatic rings. The van der Waals surface area contributed by atoms with Crippen LogP contribution in [0.1, 0.15) is 11.1 Å². The largest absolute Gasteiger partial charge is 0.325 e. The average molecular weight is 355 g/mol. The van der Waals surface area contributed by atoms with Crippen LogP contribution in [0.3, 0.4) is 0 Å². The van der Waals surface area contributed by atoms with Crippen LogP contribution in [0.25, 0.3) is 0 Å². The third kappa shape index (κ3) is 3.02. The van der Waals surface area contributed by atoms with E-state index in [2.05, 4.69) is 10.0 Å². The highest BCUT2D eigenvalue weighted by Crippen LogP contribution is 2.33. The number of carbonyl (C=O) groups excluding carboxylic acids is 1. The number of halogens is 2. The van der Waals surface area contributed by atoms with Gasteiger partial charge in [0.15, 0.2) is 0 Å². The van der Waals surface area contributed by atoms with Crippen molar-refractivity contribution in [3.8, 4) is 0 Å². The fourth-order valence-corrected chi connectivity index (χ4v) is 3.99. The van der Waals surface area contributed by atoms with E-state index in [-0.39, 0.29) is 27.9 Å². The lowest BCUT2D eigenvalue weighted by Gasteiger charge is -2.12. The Morgan fingerprint density at radius 3 is 2.74 bits per heavy atom. The number of rotatable bonds is 3.